The van der Waals surface area contributed by atoms with Crippen LogP contribution in [0.5, 0.6) is 5.75 Å². The van der Waals surface area contributed by atoms with E-state index in [2.05, 4.69) is 21.2 Å². The molecule has 2 amide bonds. The van der Waals surface area contributed by atoms with Gasteiger partial charge in [-0.15, -0.1) is 0 Å². The number of hydrogen-bond acceptors (Lipinski definition) is 5. The van der Waals surface area contributed by atoms with Crippen LogP contribution in [0, 0.1) is 5.92 Å². The van der Waals surface area contributed by atoms with Gasteiger partial charge in [0, 0.05) is 36.6 Å². The molecule has 29 heavy (non-hydrogen) atoms. The van der Waals surface area contributed by atoms with E-state index in [9.17, 15) is 18.3 Å². The van der Waals surface area contributed by atoms with Crippen LogP contribution in [-0.2, 0) is 10.0 Å². The second-order valence-electron chi connectivity index (χ2n) is 7.44. The molecule has 1 aromatic rings. The minimum absolute atomic E-state index is 0.0518. The van der Waals surface area contributed by atoms with Gasteiger partial charge in [0.1, 0.15) is 16.7 Å². The van der Waals surface area contributed by atoms with Gasteiger partial charge in [-0.1, -0.05) is 29.8 Å². The molecule has 10 heteroatoms. The summed E-state index contributed by atoms with van der Waals surface area (Å²) in [5.41, 5.74) is 0. The summed E-state index contributed by atoms with van der Waals surface area (Å²) in [5.74, 6) is 0.0146. The molecule has 164 valence electrons. The smallest absolute Gasteiger partial charge is 0.317 e. The molecule has 0 radical (unpaired) electrons. The second-order valence-corrected chi connectivity index (χ2v) is 10.2. The fraction of sp³-hybridized carbons (Fsp3) is 0.632. The maximum Gasteiger partial charge on any atom is 0.317 e. The Morgan fingerprint density at radius 1 is 1.48 bits per heavy atom. The molecular formula is C19H30BrN3O5S. The Morgan fingerprint density at radius 2 is 2.17 bits per heavy atom. The topological polar surface area (TPSA) is 99.2 Å². The van der Waals surface area contributed by atoms with E-state index < -0.39 is 22.2 Å². The monoisotopic (exact) mass is 491 g/mol. The number of amides is 2. The van der Waals surface area contributed by atoms with Crippen molar-refractivity contribution in [1.82, 2.24) is 14.5 Å². The van der Waals surface area contributed by atoms with Crippen LogP contribution in [0.25, 0.3) is 0 Å². The molecule has 1 aromatic carbocycles. The van der Waals surface area contributed by atoms with Gasteiger partial charge in [-0.25, -0.2) is 13.2 Å². The van der Waals surface area contributed by atoms with Gasteiger partial charge in [0.25, 0.3) is 0 Å². The van der Waals surface area contributed by atoms with Gasteiger partial charge in [-0.3, -0.25) is 0 Å². The Morgan fingerprint density at radius 3 is 2.79 bits per heavy atom. The molecule has 0 unspecified atom stereocenters. The summed E-state index contributed by atoms with van der Waals surface area (Å²) in [6.45, 7) is 6.30. The molecule has 8 nitrogen and oxygen atoms in total. The maximum atomic E-state index is 13.2. The number of rotatable bonds is 6. The van der Waals surface area contributed by atoms with Crippen molar-refractivity contribution < 1.29 is 23.1 Å². The maximum absolute atomic E-state index is 13.2. The Hall–Kier alpha value is -1.36. The molecule has 0 aliphatic carbocycles. The van der Waals surface area contributed by atoms with E-state index >= 15 is 0 Å². The predicted molar refractivity (Wildman–Crippen MR) is 114 cm³/mol. The van der Waals surface area contributed by atoms with Gasteiger partial charge in [0.15, 0.2) is 0 Å². The third-order valence-corrected chi connectivity index (χ3v) is 7.47. The summed E-state index contributed by atoms with van der Waals surface area (Å²) in [6.07, 6.45) is 0.410. The number of likely N-dealkylation sites (N-methyl/N-ethyl adjacent to an activating group) is 1. The molecule has 1 aliphatic rings. The third kappa shape index (κ3) is 5.62. The van der Waals surface area contributed by atoms with Crippen LogP contribution >= 0.6 is 15.9 Å². The fourth-order valence-electron chi connectivity index (χ4n) is 3.14. The minimum Gasteiger partial charge on any atom is -0.487 e. The van der Waals surface area contributed by atoms with E-state index in [1.54, 1.807) is 31.0 Å². The first-order chi connectivity index (χ1) is 13.6. The SMILES string of the molecule is CCCNC(=O)N(C)C[C@H]1Oc2cc(Br)ccc2S(=O)(=O)N([C@H](C)CO)C[C@H]1C. The van der Waals surface area contributed by atoms with Crippen molar-refractivity contribution in [3.63, 3.8) is 0 Å². The van der Waals surface area contributed by atoms with Gasteiger partial charge in [0.2, 0.25) is 10.0 Å². The molecule has 3 atom stereocenters. The third-order valence-electron chi connectivity index (χ3n) is 4.96. The number of sulfonamides is 1. The summed E-state index contributed by atoms with van der Waals surface area (Å²) < 4.78 is 34.6. The van der Waals surface area contributed by atoms with Crippen molar-refractivity contribution in [2.75, 3.05) is 33.3 Å². The summed E-state index contributed by atoms with van der Waals surface area (Å²) in [5, 5.41) is 12.4. The van der Waals surface area contributed by atoms with Gasteiger partial charge in [-0.05, 0) is 31.5 Å². The molecule has 1 aliphatic heterocycles. The fourth-order valence-corrected chi connectivity index (χ4v) is 5.30. The lowest BCUT2D eigenvalue weighted by Gasteiger charge is -2.37. The number of carbonyl (C=O) groups excluding carboxylic acids is 1. The van der Waals surface area contributed by atoms with E-state index in [0.717, 1.165) is 6.42 Å². The number of hydrogen-bond donors (Lipinski definition) is 2. The number of nitrogens with one attached hydrogen (secondary N) is 1. The molecule has 0 saturated heterocycles. The zero-order valence-electron chi connectivity index (χ0n) is 17.3. The van der Waals surface area contributed by atoms with Crippen molar-refractivity contribution >= 4 is 32.0 Å². The van der Waals surface area contributed by atoms with Crippen LogP contribution in [0.15, 0.2) is 27.6 Å². The highest BCUT2D eigenvalue weighted by atomic mass is 79.9. The number of ether oxygens (including phenoxy) is 1. The average molecular weight is 492 g/mol. The van der Waals surface area contributed by atoms with Crippen molar-refractivity contribution in [2.24, 2.45) is 5.92 Å². The van der Waals surface area contributed by atoms with Crippen LogP contribution < -0.4 is 10.1 Å². The van der Waals surface area contributed by atoms with Gasteiger partial charge < -0.3 is 20.1 Å². The largest absolute Gasteiger partial charge is 0.487 e. The number of fused-ring (bicyclic) bond motifs is 1. The summed E-state index contributed by atoms with van der Waals surface area (Å²) in [7, 11) is -2.16. The molecule has 0 saturated carbocycles. The minimum atomic E-state index is -3.85. The first-order valence-electron chi connectivity index (χ1n) is 9.69. The Bertz CT molecular complexity index is 820. The van der Waals surface area contributed by atoms with Crippen molar-refractivity contribution in [1.29, 1.82) is 0 Å². The lowest BCUT2D eigenvalue weighted by atomic mass is 10.0. The lowest BCUT2D eigenvalue weighted by Crippen LogP contribution is -2.51. The highest BCUT2D eigenvalue weighted by Crippen LogP contribution is 2.35. The number of aliphatic hydroxyl groups is 1. The predicted octanol–water partition coefficient (Wildman–Crippen LogP) is 2.27. The first kappa shape index (κ1) is 23.9. The van der Waals surface area contributed by atoms with Crippen molar-refractivity contribution in [3.8, 4) is 5.75 Å². The van der Waals surface area contributed by atoms with E-state index in [-0.39, 0.29) is 35.7 Å². The number of urea groups is 1. The van der Waals surface area contributed by atoms with Crippen LogP contribution in [0.1, 0.15) is 27.2 Å². The number of nitrogens with zero attached hydrogens (tertiary/aromatic N) is 2. The molecule has 2 N–H and O–H groups in total. The number of carbonyl (C=O) groups is 1. The zero-order chi connectivity index (χ0) is 21.8. The Kier molecular flexibility index (Phi) is 8.33. The molecular weight excluding hydrogens is 462 g/mol. The molecule has 0 bridgehead atoms. The summed E-state index contributed by atoms with van der Waals surface area (Å²) in [6, 6.07) is 3.98. The molecule has 0 aromatic heterocycles. The van der Waals surface area contributed by atoms with Crippen molar-refractivity contribution in [2.45, 2.75) is 44.2 Å². The van der Waals surface area contributed by atoms with Crippen LogP contribution in [0.4, 0.5) is 4.79 Å². The first-order valence-corrected chi connectivity index (χ1v) is 11.9. The Balaban J connectivity index is 2.41. The van der Waals surface area contributed by atoms with Crippen LogP contribution in [-0.4, -0.2) is 74.2 Å². The number of benzene rings is 1. The molecule has 0 spiro atoms. The highest BCUT2D eigenvalue weighted by molar-refractivity contribution is 9.10. The molecule has 2 rings (SSSR count). The number of halogens is 1. The summed E-state index contributed by atoms with van der Waals surface area (Å²) in [4.78, 5) is 13.9. The molecule has 1 heterocycles. The van der Waals surface area contributed by atoms with Crippen LogP contribution in [0.3, 0.4) is 0 Å². The number of aliphatic hydroxyl groups excluding tert-OH is 1. The van der Waals surface area contributed by atoms with Gasteiger partial charge in [-0.2, -0.15) is 4.31 Å². The quantitative estimate of drug-likeness (QED) is 0.635. The van der Waals surface area contributed by atoms with E-state index in [4.69, 9.17) is 4.74 Å². The van der Waals surface area contributed by atoms with Crippen LogP contribution in [0.2, 0.25) is 0 Å². The van der Waals surface area contributed by atoms with E-state index in [1.165, 1.54) is 10.4 Å². The second kappa shape index (κ2) is 10.1. The van der Waals surface area contributed by atoms with E-state index in [0.29, 0.717) is 17.6 Å². The zero-order valence-corrected chi connectivity index (χ0v) is 19.7. The van der Waals surface area contributed by atoms with E-state index in [1.807, 2.05) is 13.8 Å². The average Bonchev–Trinajstić information content (AvgIpc) is 2.67. The summed E-state index contributed by atoms with van der Waals surface area (Å²) >= 11 is 3.37. The standard InChI is InChI=1S/C19H30BrN3O5S/c1-5-8-21-19(25)22(4)11-17-13(2)10-23(14(3)12-24)29(26,27)18-7-6-15(20)9-16(18)28-17/h6-7,9,13-14,17,24H,5,8,10-12H2,1-4H3,(H,21,25)/t13-,14-,17-/m1/s1. The Labute approximate surface area is 181 Å². The molecule has 0 fully saturated rings. The normalized spacial score (nSPS) is 22.6. The lowest BCUT2D eigenvalue weighted by molar-refractivity contribution is 0.0812. The van der Waals surface area contributed by atoms with Crippen molar-refractivity contribution in [3.05, 3.63) is 22.7 Å². The van der Waals surface area contributed by atoms with Gasteiger partial charge in [0.05, 0.1) is 13.2 Å². The highest BCUT2D eigenvalue weighted by Gasteiger charge is 2.38. The van der Waals surface area contributed by atoms with Gasteiger partial charge >= 0.3 is 6.03 Å².